The van der Waals surface area contributed by atoms with Crippen molar-refractivity contribution in [3.8, 4) is 0 Å². The van der Waals surface area contributed by atoms with Gasteiger partial charge >= 0.3 is 0 Å². The topological polar surface area (TPSA) is 67.9 Å². The van der Waals surface area contributed by atoms with E-state index in [2.05, 4.69) is 4.99 Å². The van der Waals surface area contributed by atoms with E-state index in [9.17, 15) is 4.79 Å². The second kappa shape index (κ2) is 4.25. The van der Waals surface area contributed by atoms with Crippen LogP contribution in [0.5, 0.6) is 0 Å². The van der Waals surface area contributed by atoms with Gasteiger partial charge in [-0.1, -0.05) is 0 Å². The maximum Gasteiger partial charge on any atom is 0.221 e. The van der Waals surface area contributed by atoms with Crippen molar-refractivity contribution in [3.63, 3.8) is 0 Å². The fraction of sp³-hybridized carbons (Fsp3) is 0.636. The van der Waals surface area contributed by atoms with E-state index in [1.807, 2.05) is 13.0 Å². The molecule has 5 nitrogen and oxygen atoms in total. The summed E-state index contributed by atoms with van der Waals surface area (Å²) in [5, 5.41) is 1.63. The molecule has 2 aliphatic rings. The molecular formula is C11H17N3O2. The first-order valence-electron chi connectivity index (χ1n) is 5.54. The molecule has 0 aromatic rings. The molecule has 0 bridgehead atoms. The quantitative estimate of drug-likeness (QED) is 0.757. The van der Waals surface area contributed by atoms with Crippen LogP contribution in [0.1, 0.15) is 33.1 Å². The zero-order valence-electron chi connectivity index (χ0n) is 9.64. The molecule has 2 heterocycles. The number of guanidine groups is 1. The molecule has 2 aliphatic heterocycles. The number of allylic oxidation sites excluding steroid dienone is 1. The highest BCUT2D eigenvalue weighted by Crippen LogP contribution is 2.26. The van der Waals surface area contributed by atoms with E-state index in [0.29, 0.717) is 12.4 Å². The molecule has 2 N–H and O–H groups in total. The average molecular weight is 223 g/mol. The summed E-state index contributed by atoms with van der Waals surface area (Å²) in [5.41, 5.74) is 6.72. The molecule has 2 atom stereocenters. The van der Waals surface area contributed by atoms with Crippen LogP contribution in [-0.4, -0.2) is 29.0 Å². The normalized spacial score (nSPS) is 29.2. The van der Waals surface area contributed by atoms with Crippen LogP contribution in [0.25, 0.3) is 0 Å². The van der Waals surface area contributed by atoms with Crippen molar-refractivity contribution >= 4 is 11.7 Å². The molecule has 0 aliphatic carbocycles. The molecule has 0 amide bonds. The van der Waals surface area contributed by atoms with Gasteiger partial charge in [0.1, 0.15) is 5.78 Å². The van der Waals surface area contributed by atoms with Crippen molar-refractivity contribution < 1.29 is 9.63 Å². The number of aliphatic imine (C=N–C) groups is 1. The fourth-order valence-electron chi connectivity index (χ4n) is 2.15. The number of nitrogens with two attached hydrogens (primary N) is 1. The number of hydrogen-bond donors (Lipinski definition) is 1. The van der Waals surface area contributed by atoms with Crippen molar-refractivity contribution in [2.45, 2.75) is 45.3 Å². The molecule has 1 saturated heterocycles. The maximum atomic E-state index is 11.0. The van der Waals surface area contributed by atoms with Crippen LogP contribution in [0, 0.1) is 0 Å². The summed E-state index contributed by atoms with van der Waals surface area (Å²) >= 11 is 0. The van der Waals surface area contributed by atoms with Crippen LogP contribution < -0.4 is 5.73 Å². The van der Waals surface area contributed by atoms with Crippen molar-refractivity contribution in [1.82, 2.24) is 5.06 Å². The standard InChI is InChI=1S/C11H17N3O2/c1-7-5-9-3-4-10(6-8(2)15)16-14(9)11(12)13-7/h5,9-10H,3-4,6H2,1-2H3,(H2,12,13)/t9-,10-/m1/s1. The highest BCUT2D eigenvalue weighted by Gasteiger charge is 2.32. The van der Waals surface area contributed by atoms with E-state index >= 15 is 0 Å². The Morgan fingerprint density at radius 2 is 2.44 bits per heavy atom. The van der Waals surface area contributed by atoms with E-state index in [4.69, 9.17) is 10.6 Å². The smallest absolute Gasteiger partial charge is 0.221 e. The summed E-state index contributed by atoms with van der Waals surface area (Å²) < 4.78 is 0. The zero-order valence-corrected chi connectivity index (χ0v) is 9.64. The summed E-state index contributed by atoms with van der Waals surface area (Å²) in [6, 6.07) is 0.167. The van der Waals surface area contributed by atoms with E-state index in [1.165, 1.54) is 0 Å². The minimum Gasteiger partial charge on any atom is -0.368 e. The van der Waals surface area contributed by atoms with Crippen LogP contribution in [0.15, 0.2) is 16.8 Å². The number of hydrogen-bond acceptors (Lipinski definition) is 5. The predicted octanol–water partition coefficient (Wildman–Crippen LogP) is 0.962. The molecule has 0 aromatic carbocycles. The van der Waals surface area contributed by atoms with Gasteiger partial charge < -0.3 is 5.73 Å². The lowest BCUT2D eigenvalue weighted by Gasteiger charge is -2.39. The van der Waals surface area contributed by atoms with Crippen molar-refractivity contribution in [1.29, 1.82) is 0 Å². The Bertz CT molecular complexity index is 362. The van der Waals surface area contributed by atoms with E-state index in [-0.39, 0.29) is 17.9 Å². The number of Topliss-reactive ketones (excluding diaryl/α,β-unsaturated/α-hetero) is 1. The monoisotopic (exact) mass is 223 g/mol. The lowest BCUT2D eigenvalue weighted by Crippen LogP contribution is -2.51. The molecule has 5 heteroatoms. The van der Waals surface area contributed by atoms with Gasteiger partial charge in [-0.05, 0) is 32.8 Å². The second-order valence-electron chi connectivity index (χ2n) is 4.38. The second-order valence-corrected chi connectivity index (χ2v) is 4.38. The van der Waals surface area contributed by atoms with Crippen LogP contribution >= 0.6 is 0 Å². The number of nitrogens with zero attached hydrogens (tertiary/aromatic N) is 2. The van der Waals surface area contributed by atoms with Gasteiger partial charge in [-0.15, -0.1) is 0 Å². The van der Waals surface area contributed by atoms with Gasteiger partial charge in [0.15, 0.2) is 0 Å². The molecule has 0 radical (unpaired) electrons. The third kappa shape index (κ3) is 2.24. The Kier molecular flexibility index (Phi) is 2.96. The highest BCUT2D eigenvalue weighted by molar-refractivity contribution is 5.80. The number of carbonyl (C=O) groups is 1. The number of rotatable bonds is 2. The molecule has 88 valence electrons. The Labute approximate surface area is 94.9 Å². The minimum absolute atomic E-state index is 0.0608. The summed E-state index contributed by atoms with van der Waals surface area (Å²) in [4.78, 5) is 20.9. The number of ketones is 1. The lowest BCUT2D eigenvalue weighted by molar-refractivity contribution is -0.194. The largest absolute Gasteiger partial charge is 0.368 e. The van der Waals surface area contributed by atoms with Crippen LogP contribution in [0.2, 0.25) is 0 Å². The molecule has 1 fully saturated rings. The predicted molar refractivity (Wildman–Crippen MR) is 60.4 cm³/mol. The third-order valence-electron chi connectivity index (χ3n) is 2.81. The first kappa shape index (κ1) is 11.1. The molecule has 2 rings (SSSR count). The summed E-state index contributed by atoms with van der Waals surface area (Å²) in [7, 11) is 0. The SMILES string of the molecule is CC(=O)C[C@H]1CC[C@@H]2C=C(C)N=C(N)N2O1. The first-order valence-corrected chi connectivity index (χ1v) is 5.54. The molecule has 16 heavy (non-hydrogen) atoms. The van der Waals surface area contributed by atoms with Gasteiger partial charge in [0.25, 0.3) is 0 Å². The van der Waals surface area contributed by atoms with Gasteiger partial charge in [0.2, 0.25) is 5.96 Å². The molecule has 0 spiro atoms. The van der Waals surface area contributed by atoms with Gasteiger partial charge in [-0.2, -0.15) is 0 Å². The fourth-order valence-corrected chi connectivity index (χ4v) is 2.15. The highest BCUT2D eigenvalue weighted by atomic mass is 16.7. The van der Waals surface area contributed by atoms with Crippen LogP contribution in [-0.2, 0) is 9.63 Å². The molecule has 0 aromatic heterocycles. The van der Waals surface area contributed by atoms with Gasteiger partial charge in [-0.25, -0.2) is 10.1 Å². The van der Waals surface area contributed by atoms with Crippen molar-refractivity contribution in [3.05, 3.63) is 11.8 Å². The Morgan fingerprint density at radius 3 is 3.12 bits per heavy atom. The molecule has 0 saturated carbocycles. The van der Waals surface area contributed by atoms with Gasteiger partial charge in [-0.3, -0.25) is 9.63 Å². The number of hydroxylamine groups is 2. The van der Waals surface area contributed by atoms with E-state index < -0.39 is 0 Å². The Hall–Kier alpha value is -1.36. The van der Waals surface area contributed by atoms with Crippen LogP contribution in [0.3, 0.4) is 0 Å². The van der Waals surface area contributed by atoms with Crippen molar-refractivity contribution in [2.75, 3.05) is 0 Å². The lowest BCUT2D eigenvalue weighted by atomic mass is 10.0. The van der Waals surface area contributed by atoms with Gasteiger partial charge in [0.05, 0.1) is 12.1 Å². The zero-order chi connectivity index (χ0) is 11.7. The van der Waals surface area contributed by atoms with E-state index in [0.717, 1.165) is 18.5 Å². The summed E-state index contributed by atoms with van der Waals surface area (Å²) in [6.45, 7) is 3.50. The minimum atomic E-state index is -0.0608. The van der Waals surface area contributed by atoms with Crippen LogP contribution in [0.4, 0.5) is 0 Å². The average Bonchev–Trinajstić information content (AvgIpc) is 2.18. The van der Waals surface area contributed by atoms with Crippen molar-refractivity contribution in [2.24, 2.45) is 10.7 Å². The van der Waals surface area contributed by atoms with E-state index in [1.54, 1.807) is 12.0 Å². The first-order chi connectivity index (χ1) is 7.56. The third-order valence-corrected chi connectivity index (χ3v) is 2.81. The number of carbonyl (C=O) groups excluding carboxylic acids is 1. The Balaban J connectivity index is 2.05. The Morgan fingerprint density at radius 1 is 1.69 bits per heavy atom. The maximum absolute atomic E-state index is 11.0. The summed E-state index contributed by atoms with van der Waals surface area (Å²) in [6.07, 6.45) is 4.26. The molecular weight excluding hydrogens is 206 g/mol. The molecule has 0 unspecified atom stereocenters. The number of fused-ring (bicyclic) bond motifs is 1. The summed E-state index contributed by atoms with van der Waals surface area (Å²) in [5.74, 6) is 0.529. The van der Waals surface area contributed by atoms with Gasteiger partial charge in [0, 0.05) is 12.1 Å².